The van der Waals surface area contributed by atoms with E-state index in [-0.39, 0.29) is 0 Å². The maximum Gasteiger partial charge on any atom is 0.106 e. The van der Waals surface area contributed by atoms with Gasteiger partial charge < -0.3 is 0 Å². The number of hydrogen-bond acceptors (Lipinski definition) is 2. The van der Waals surface area contributed by atoms with E-state index >= 15 is 0 Å². The molecular weight excluding hydrogens is 220 g/mol. The average molecular weight is 237 g/mol. The lowest BCUT2D eigenvalue weighted by Gasteiger charge is -2.29. The molecule has 1 aromatic carbocycles. The van der Waals surface area contributed by atoms with Gasteiger partial charge in [0.25, 0.3) is 0 Å². The van der Waals surface area contributed by atoms with Crippen LogP contribution in [0.1, 0.15) is 18.9 Å². The third-order valence-electron chi connectivity index (χ3n) is 3.07. The second kappa shape index (κ2) is 5.34. The molecule has 0 aromatic heterocycles. The van der Waals surface area contributed by atoms with Crippen LogP contribution in [-0.4, -0.2) is 24.5 Å². The van der Waals surface area contributed by atoms with E-state index in [2.05, 4.69) is 6.07 Å². The third kappa shape index (κ3) is 2.98. The highest BCUT2D eigenvalue weighted by Gasteiger charge is 2.26. The van der Waals surface area contributed by atoms with Gasteiger partial charge in [-0.25, -0.2) is 0 Å². The van der Waals surface area contributed by atoms with Gasteiger partial charge in [0, 0.05) is 5.02 Å². The molecule has 86 valence electrons. The molecule has 1 unspecified atom stereocenters. The molecule has 0 saturated heterocycles. The normalized spacial score (nSPS) is 14.5. The van der Waals surface area contributed by atoms with Gasteiger partial charge in [0.15, 0.2) is 0 Å². The summed E-state index contributed by atoms with van der Waals surface area (Å²) in [6.07, 6.45) is 1.60. The minimum Gasteiger partial charge on any atom is -0.292 e. The standard InChI is InChI=1S/C13H17ClN2/c1-13(10-15,16(2)3)9-8-11-6-4-5-7-12(11)14/h4-7H,8-9H2,1-3H3. The van der Waals surface area contributed by atoms with Gasteiger partial charge in [0.1, 0.15) is 5.54 Å². The lowest BCUT2D eigenvalue weighted by Crippen LogP contribution is -2.40. The SMILES string of the molecule is CN(C)C(C)(C#N)CCc1ccccc1Cl. The summed E-state index contributed by atoms with van der Waals surface area (Å²) in [5.74, 6) is 0. The lowest BCUT2D eigenvalue weighted by molar-refractivity contribution is 0.224. The molecule has 1 aromatic rings. The van der Waals surface area contributed by atoms with Crippen molar-refractivity contribution in [2.45, 2.75) is 25.3 Å². The highest BCUT2D eigenvalue weighted by Crippen LogP contribution is 2.22. The van der Waals surface area contributed by atoms with E-state index in [4.69, 9.17) is 11.6 Å². The Morgan fingerprint density at radius 2 is 2.00 bits per heavy atom. The van der Waals surface area contributed by atoms with Crippen LogP contribution in [0.3, 0.4) is 0 Å². The van der Waals surface area contributed by atoms with Gasteiger partial charge in [-0.1, -0.05) is 29.8 Å². The fourth-order valence-electron chi connectivity index (χ4n) is 1.46. The van der Waals surface area contributed by atoms with Crippen molar-refractivity contribution in [2.75, 3.05) is 14.1 Å². The summed E-state index contributed by atoms with van der Waals surface area (Å²) in [4.78, 5) is 1.95. The summed E-state index contributed by atoms with van der Waals surface area (Å²) in [6.45, 7) is 1.95. The van der Waals surface area contributed by atoms with E-state index in [1.54, 1.807) is 0 Å². The number of benzene rings is 1. The van der Waals surface area contributed by atoms with E-state index in [1.807, 2.05) is 50.2 Å². The monoisotopic (exact) mass is 236 g/mol. The minimum atomic E-state index is -0.431. The highest BCUT2D eigenvalue weighted by atomic mass is 35.5. The van der Waals surface area contributed by atoms with Gasteiger partial charge in [0.2, 0.25) is 0 Å². The Morgan fingerprint density at radius 1 is 1.38 bits per heavy atom. The summed E-state index contributed by atoms with van der Waals surface area (Å²) in [6, 6.07) is 10.1. The summed E-state index contributed by atoms with van der Waals surface area (Å²) in [5.41, 5.74) is 0.673. The molecule has 2 nitrogen and oxygen atoms in total. The molecule has 0 aliphatic heterocycles. The Morgan fingerprint density at radius 3 is 2.50 bits per heavy atom. The number of halogens is 1. The Labute approximate surface area is 102 Å². The van der Waals surface area contributed by atoms with E-state index in [9.17, 15) is 5.26 Å². The third-order valence-corrected chi connectivity index (χ3v) is 3.44. The molecule has 0 aliphatic carbocycles. The predicted octanol–water partition coefficient (Wildman–Crippen LogP) is 3.12. The van der Waals surface area contributed by atoms with Crippen LogP contribution in [0.4, 0.5) is 0 Å². The first-order valence-corrected chi connectivity index (χ1v) is 5.69. The molecule has 0 amide bonds. The Balaban J connectivity index is 2.72. The van der Waals surface area contributed by atoms with Crippen molar-refractivity contribution in [1.82, 2.24) is 4.90 Å². The van der Waals surface area contributed by atoms with Crippen LogP contribution in [0.2, 0.25) is 5.02 Å². The molecule has 0 saturated carbocycles. The zero-order valence-electron chi connectivity index (χ0n) is 10.00. The fraction of sp³-hybridized carbons (Fsp3) is 0.462. The first-order chi connectivity index (χ1) is 7.49. The van der Waals surface area contributed by atoms with Crippen LogP contribution in [0.25, 0.3) is 0 Å². The Hall–Kier alpha value is -1.04. The fourth-order valence-corrected chi connectivity index (χ4v) is 1.69. The predicted molar refractivity (Wildman–Crippen MR) is 67.5 cm³/mol. The number of rotatable bonds is 4. The largest absolute Gasteiger partial charge is 0.292 e. The van der Waals surface area contributed by atoms with Gasteiger partial charge in [-0.15, -0.1) is 0 Å². The number of aryl methyl sites for hydroxylation is 1. The maximum absolute atomic E-state index is 9.18. The van der Waals surface area contributed by atoms with Crippen LogP contribution < -0.4 is 0 Å². The van der Waals surface area contributed by atoms with Crippen molar-refractivity contribution in [2.24, 2.45) is 0 Å². The first kappa shape index (κ1) is 13.0. The van der Waals surface area contributed by atoms with E-state index < -0.39 is 5.54 Å². The zero-order valence-corrected chi connectivity index (χ0v) is 10.8. The molecule has 0 spiro atoms. The molecule has 0 fully saturated rings. The van der Waals surface area contributed by atoms with Crippen LogP contribution in [0.15, 0.2) is 24.3 Å². The van der Waals surface area contributed by atoms with Crippen molar-refractivity contribution in [3.63, 3.8) is 0 Å². The summed E-state index contributed by atoms with van der Waals surface area (Å²) >= 11 is 6.08. The molecule has 0 radical (unpaired) electrons. The second-order valence-electron chi connectivity index (χ2n) is 4.37. The molecule has 0 heterocycles. The molecule has 0 aliphatic rings. The molecule has 16 heavy (non-hydrogen) atoms. The van der Waals surface area contributed by atoms with E-state index in [0.717, 1.165) is 23.4 Å². The van der Waals surface area contributed by atoms with Gasteiger partial charge >= 0.3 is 0 Å². The van der Waals surface area contributed by atoms with E-state index in [1.165, 1.54) is 0 Å². The number of hydrogen-bond donors (Lipinski definition) is 0. The molecule has 1 atom stereocenters. The lowest BCUT2D eigenvalue weighted by atomic mass is 9.93. The zero-order chi connectivity index (χ0) is 12.2. The van der Waals surface area contributed by atoms with Gasteiger partial charge in [0.05, 0.1) is 6.07 Å². The summed E-state index contributed by atoms with van der Waals surface area (Å²) < 4.78 is 0. The van der Waals surface area contributed by atoms with Gasteiger partial charge in [-0.3, -0.25) is 4.90 Å². The Bertz CT molecular complexity index is 395. The maximum atomic E-state index is 9.18. The van der Waals surface area contributed by atoms with Crippen molar-refractivity contribution in [1.29, 1.82) is 5.26 Å². The smallest absolute Gasteiger partial charge is 0.106 e. The van der Waals surface area contributed by atoms with Crippen molar-refractivity contribution < 1.29 is 0 Å². The number of nitriles is 1. The van der Waals surface area contributed by atoms with Crippen LogP contribution in [0.5, 0.6) is 0 Å². The average Bonchev–Trinajstić information content (AvgIpc) is 2.27. The second-order valence-corrected chi connectivity index (χ2v) is 4.78. The van der Waals surface area contributed by atoms with Crippen LogP contribution >= 0.6 is 11.6 Å². The van der Waals surface area contributed by atoms with Crippen LogP contribution in [-0.2, 0) is 6.42 Å². The molecule has 0 bridgehead atoms. The highest BCUT2D eigenvalue weighted by molar-refractivity contribution is 6.31. The van der Waals surface area contributed by atoms with Gasteiger partial charge in [-0.2, -0.15) is 5.26 Å². The Kier molecular flexibility index (Phi) is 4.35. The van der Waals surface area contributed by atoms with Crippen LogP contribution in [0, 0.1) is 11.3 Å². The summed E-state index contributed by atoms with van der Waals surface area (Å²) in [7, 11) is 3.85. The minimum absolute atomic E-state index is 0.431. The number of nitrogens with zero attached hydrogens (tertiary/aromatic N) is 2. The topological polar surface area (TPSA) is 27.0 Å². The molecular formula is C13H17ClN2. The first-order valence-electron chi connectivity index (χ1n) is 5.32. The molecule has 0 N–H and O–H groups in total. The van der Waals surface area contributed by atoms with Crippen molar-refractivity contribution in [3.05, 3.63) is 34.9 Å². The summed E-state index contributed by atoms with van der Waals surface area (Å²) in [5, 5.41) is 9.96. The van der Waals surface area contributed by atoms with Crippen molar-refractivity contribution in [3.8, 4) is 6.07 Å². The van der Waals surface area contributed by atoms with E-state index in [0.29, 0.717) is 0 Å². The van der Waals surface area contributed by atoms with Gasteiger partial charge in [-0.05, 0) is 45.5 Å². The molecule has 3 heteroatoms. The van der Waals surface area contributed by atoms with Crippen molar-refractivity contribution >= 4 is 11.6 Å². The molecule has 1 rings (SSSR count). The quantitative estimate of drug-likeness (QED) is 0.803.